The van der Waals surface area contributed by atoms with Gasteiger partial charge in [-0.15, -0.1) is 6.58 Å². The van der Waals surface area contributed by atoms with Crippen molar-refractivity contribution in [1.82, 2.24) is 14.7 Å². The minimum Gasteiger partial charge on any atom is -0.382 e. The zero-order valence-corrected chi connectivity index (χ0v) is 11.6. The Bertz CT molecular complexity index is 456. The maximum atomic E-state index is 11.9. The van der Waals surface area contributed by atoms with Crippen molar-refractivity contribution < 1.29 is 0 Å². The van der Waals surface area contributed by atoms with Crippen molar-refractivity contribution in [2.75, 3.05) is 32.5 Å². The van der Waals surface area contributed by atoms with Crippen molar-refractivity contribution in [1.29, 1.82) is 0 Å². The molecule has 0 unspecified atom stereocenters. The first kappa shape index (κ1) is 14.7. The van der Waals surface area contributed by atoms with E-state index in [0.29, 0.717) is 18.8 Å². The zero-order valence-electron chi connectivity index (χ0n) is 10.8. The van der Waals surface area contributed by atoms with Gasteiger partial charge < -0.3 is 10.2 Å². The standard InChI is InChI=1S/C12H19ClN4O/c1-4-5-6-14-10-9-15-17(8-7-16(2)3)12(18)11(10)13/h4,9,14H,1,5-8H2,2-3H3. The molecule has 1 N–H and O–H groups in total. The summed E-state index contributed by atoms with van der Waals surface area (Å²) in [5, 5.41) is 7.34. The average molecular weight is 271 g/mol. The molecule has 0 atom stereocenters. The monoisotopic (exact) mass is 270 g/mol. The van der Waals surface area contributed by atoms with Crippen molar-refractivity contribution in [2.24, 2.45) is 0 Å². The number of hydrogen-bond acceptors (Lipinski definition) is 4. The van der Waals surface area contributed by atoms with Gasteiger partial charge >= 0.3 is 0 Å². The Morgan fingerprint density at radius 2 is 2.33 bits per heavy atom. The topological polar surface area (TPSA) is 50.2 Å². The fraction of sp³-hybridized carbons (Fsp3) is 0.500. The highest BCUT2D eigenvalue weighted by Gasteiger charge is 2.08. The van der Waals surface area contributed by atoms with Gasteiger partial charge in [-0.05, 0) is 20.5 Å². The smallest absolute Gasteiger partial charge is 0.287 e. The first-order valence-electron chi connectivity index (χ1n) is 5.81. The van der Waals surface area contributed by atoms with E-state index in [0.717, 1.165) is 13.0 Å². The van der Waals surface area contributed by atoms with E-state index in [4.69, 9.17) is 11.6 Å². The van der Waals surface area contributed by atoms with E-state index in [9.17, 15) is 4.79 Å². The number of rotatable bonds is 7. The summed E-state index contributed by atoms with van der Waals surface area (Å²) >= 11 is 6.02. The van der Waals surface area contributed by atoms with Gasteiger partial charge in [0.1, 0.15) is 5.02 Å². The van der Waals surface area contributed by atoms with Crippen LogP contribution >= 0.6 is 11.6 Å². The summed E-state index contributed by atoms with van der Waals surface area (Å²) in [5.74, 6) is 0. The number of likely N-dealkylation sites (N-methyl/N-ethyl adjacent to an activating group) is 1. The van der Waals surface area contributed by atoms with E-state index in [1.165, 1.54) is 4.68 Å². The van der Waals surface area contributed by atoms with Crippen LogP contribution in [0.3, 0.4) is 0 Å². The average Bonchev–Trinajstić information content (AvgIpc) is 2.33. The molecular weight excluding hydrogens is 252 g/mol. The Kier molecular flexibility index (Phi) is 5.88. The summed E-state index contributed by atoms with van der Waals surface area (Å²) < 4.78 is 1.38. The Hall–Kier alpha value is -1.33. The SMILES string of the molecule is C=CCCNc1cnn(CCN(C)C)c(=O)c1Cl. The fourth-order valence-corrected chi connectivity index (χ4v) is 1.56. The quantitative estimate of drug-likeness (QED) is 0.602. The van der Waals surface area contributed by atoms with Crippen molar-refractivity contribution in [3.05, 3.63) is 34.2 Å². The molecule has 0 aliphatic carbocycles. The predicted octanol–water partition coefficient (Wildman–Crippen LogP) is 1.45. The maximum absolute atomic E-state index is 11.9. The first-order valence-corrected chi connectivity index (χ1v) is 6.19. The Balaban J connectivity index is 2.77. The molecule has 0 fully saturated rings. The molecule has 18 heavy (non-hydrogen) atoms. The van der Waals surface area contributed by atoms with E-state index >= 15 is 0 Å². The minimum atomic E-state index is -0.262. The third-order valence-electron chi connectivity index (χ3n) is 2.41. The second kappa shape index (κ2) is 7.18. The largest absolute Gasteiger partial charge is 0.382 e. The van der Waals surface area contributed by atoms with Gasteiger partial charge in [0.15, 0.2) is 0 Å². The molecule has 1 aromatic heterocycles. The van der Waals surface area contributed by atoms with Crippen LogP contribution in [-0.4, -0.2) is 41.9 Å². The summed E-state index contributed by atoms with van der Waals surface area (Å²) in [6, 6.07) is 0. The molecule has 0 aromatic carbocycles. The number of hydrogen-bond donors (Lipinski definition) is 1. The first-order chi connectivity index (χ1) is 8.56. The second-order valence-corrected chi connectivity index (χ2v) is 4.59. The molecular formula is C12H19ClN4O. The van der Waals surface area contributed by atoms with Crippen LogP contribution in [0.4, 0.5) is 5.69 Å². The number of aromatic nitrogens is 2. The lowest BCUT2D eigenvalue weighted by Gasteiger charge is -2.12. The number of nitrogens with zero attached hydrogens (tertiary/aromatic N) is 3. The van der Waals surface area contributed by atoms with Crippen LogP contribution in [-0.2, 0) is 6.54 Å². The molecule has 0 bridgehead atoms. The molecule has 1 rings (SSSR count). The Labute approximate surface area is 112 Å². The maximum Gasteiger partial charge on any atom is 0.287 e. The van der Waals surface area contributed by atoms with Gasteiger partial charge in [0.05, 0.1) is 18.4 Å². The van der Waals surface area contributed by atoms with E-state index in [2.05, 4.69) is 17.0 Å². The van der Waals surface area contributed by atoms with Gasteiger partial charge in [0.2, 0.25) is 0 Å². The van der Waals surface area contributed by atoms with E-state index in [1.807, 2.05) is 19.0 Å². The minimum absolute atomic E-state index is 0.188. The molecule has 0 aliphatic heterocycles. The van der Waals surface area contributed by atoms with E-state index < -0.39 is 0 Å². The lowest BCUT2D eigenvalue weighted by atomic mass is 10.4. The van der Waals surface area contributed by atoms with Crippen LogP contribution in [0.25, 0.3) is 0 Å². The molecule has 0 spiro atoms. The molecule has 0 saturated carbocycles. The predicted molar refractivity (Wildman–Crippen MR) is 75.4 cm³/mol. The van der Waals surface area contributed by atoms with E-state index in [-0.39, 0.29) is 10.6 Å². The lowest BCUT2D eigenvalue weighted by molar-refractivity contribution is 0.367. The van der Waals surface area contributed by atoms with Gasteiger partial charge in [-0.1, -0.05) is 17.7 Å². The van der Waals surface area contributed by atoms with Crippen molar-refractivity contribution in [3.8, 4) is 0 Å². The fourth-order valence-electron chi connectivity index (χ4n) is 1.35. The van der Waals surface area contributed by atoms with Crippen LogP contribution in [0.2, 0.25) is 5.02 Å². The van der Waals surface area contributed by atoms with Crippen LogP contribution in [0.1, 0.15) is 6.42 Å². The number of nitrogens with one attached hydrogen (secondary N) is 1. The molecule has 1 aromatic rings. The molecule has 100 valence electrons. The lowest BCUT2D eigenvalue weighted by Crippen LogP contribution is -2.29. The van der Waals surface area contributed by atoms with Crippen LogP contribution < -0.4 is 10.9 Å². The van der Waals surface area contributed by atoms with Crippen molar-refractivity contribution >= 4 is 17.3 Å². The third-order valence-corrected chi connectivity index (χ3v) is 2.77. The Morgan fingerprint density at radius 1 is 1.61 bits per heavy atom. The molecule has 0 aliphatic rings. The summed E-state index contributed by atoms with van der Waals surface area (Å²) in [4.78, 5) is 13.9. The van der Waals surface area contributed by atoms with Gasteiger partial charge in [-0.2, -0.15) is 5.10 Å². The molecule has 0 amide bonds. The summed E-state index contributed by atoms with van der Waals surface area (Å²) in [6.45, 7) is 5.58. The highest BCUT2D eigenvalue weighted by Crippen LogP contribution is 2.14. The van der Waals surface area contributed by atoms with Crippen LogP contribution in [0.5, 0.6) is 0 Å². The van der Waals surface area contributed by atoms with E-state index in [1.54, 1.807) is 12.3 Å². The number of anilines is 1. The third kappa shape index (κ3) is 4.16. The van der Waals surface area contributed by atoms with Gasteiger partial charge in [0.25, 0.3) is 5.56 Å². The van der Waals surface area contributed by atoms with Gasteiger partial charge in [0, 0.05) is 13.1 Å². The van der Waals surface area contributed by atoms with Crippen LogP contribution in [0.15, 0.2) is 23.6 Å². The molecule has 1 heterocycles. The van der Waals surface area contributed by atoms with Crippen molar-refractivity contribution in [2.45, 2.75) is 13.0 Å². The van der Waals surface area contributed by atoms with Gasteiger partial charge in [-0.3, -0.25) is 4.79 Å². The summed E-state index contributed by atoms with van der Waals surface area (Å²) in [6.07, 6.45) is 4.19. The highest BCUT2D eigenvalue weighted by molar-refractivity contribution is 6.32. The molecule has 6 heteroatoms. The summed E-state index contributed by atoms with van der Waals surface area (Å²) in [5.41, 5.74) is 0.312. The van der Waals surface area contributed by atoms with Crippen LogP contribution in [0, 0.1) is 0 Å². The molecule has 0 radical (unpaired) electrons. The zero-order chi connectivity index (χ0) is 13.5. The van der Waals surface area contributed by atoms with Gasteiger partial charge in [-0.25, -0.2) is 4.68 Å². The summed E-state index contributed by atoms with van der Waals surface area (Å²) in [7, 11) is 3.88. The molecule has 0 saturated heterocycles. The highest BCUT2D eigenvalue weighted by atomic mass is 35.5. The molecule has 5 nitrogen and oxygen atoms in total. The normalized spacial score (nSPS) is 10.7. The number of halogens is 1. The Morgan fingerprint density at radius 3 is 2.94 bits per heavy atom. The van der Waals surface area contributed by atoms with Crippen molar-refractivity contribution in [3.63, 3.8) is 0 Å². The second-order valence-electron chi connectivity index (χ2n) is 4.21.